The van der Waals surface area contributed by atoms with E-state index >= 15 is 0 Å². The molecule has 5 heteroatoms. The smallest absolute Gasteiger partial charge is 0.251 e. The lowest BCUT2D eigenvalue weighted by atomic mass is 9.77. The summed E-state index contributed by atoms with van der Waals surface area (Å²) in [5, 5.41) is 3.23. The second-order valence-corrected chi connectivity index (χ2v) is 13.5. The molecule has 0 aromatic heterocycles. The molecule has 2 saturated carbocycles. The van der Waals surface area contributed by atoms with Crippen molar-refractivity contribution in [3.63, 3.8) is 0 Å². The predicted molar refractivity (Wildman–Crippen MR) is 179 cm³/mol. The third-order valence-corrected chi connectivity index (χ3v) is 10.2. The molecular formula is C38H48N4O. The molecule has 2 unspecified atom stereocenters. The molecule has 2 aromatic rings. The van der Waals surface area contributed by atoms with Gasteiger partial charge in [0.15, 0.2) is 0 Å². The maximum absolute atomic E-state index is 12.9. The van der Waals surface area contributed by atoms with Gasteiger partial charge in [-0.1, -0.05) is 87.7 Å². The van der Waals surface area contributed by atoms with E-state index in [0.29, 0.717) is 23.7 Å². The Kier molecular flexibility index (Phi) is 8.70. The normalized spacial score (nSPS) is 26.3. The fourth-order valence-corrected chi connectivity index (χ4v) is 7.46. The van der Waals surface area contributed by atoms with Crippen LogP contribution in [0.4, 0.5) is 0 Å². The van der Waals surface area contributed by atoms with Crippen molar-refractivity contribution in [1.82, 2.24) is 10.2 Å². The number of carbonyl (C=O) groups excluding carboxylic acids is 1. The Labute approximate surface area is 258 Å². The lowest BCUT2D eigenvalue weighted by molar-refractivity contribution is 0.0940. The van der Waals surface area contributed by atoms with Crippen LogP contribution >= 0.6 is 0 Å². The van der Waals surface area contributed by atoms with Crippen LogP contribution in [0.5, 0.6) is 0 Å². The Hall–Kier alpha value is -3.47. The number of aliphatic imine (C=N–C) groups is 2. The van der Waals surface area contributed by atoms with Crippen LogP contribution in [0.2, 0.25) is 0 Å². The van der Waals surface area contributed by atoms with Crippen LogP contribution in [0.25, 0.3) is 11.1 Å². The second-order valence-electron chi connectivity index (χ2n) is 13.5. The van der Waals surface area contributed by atoms with E-state index in [1.807, 2.05) is 12.1 Å². The number of rotatable bonds is 10. The van der Waals surface area contributed by atoms with Crippen molar-refractivity contribution in [1.29, 1.82) is 0 Å². The third kappa shape index (κ3) is 6.27. The van der Waals surface area contributed by atoms with Gasteiger partial charge in [-0.25, -0.2) is 4.99 Å². The summed E-state index contributed by atoms with van der Waals surface area (Å²) in [7, 11) is 4.21. The van der Waals surface area contributed by atoms with Crippen LogP contribution in [0.15, 0.2) is 82.3 Å². The fraction of sp³-hybridized carbons (Fsp3) is 0.500. The van der Waals surface area contributed by atoms with Crippen molar-refractivity contribution in [3.8, 4) is 11.1 Å². The zero-order chi connectivity index (χ0) is 30.0. The maximum Gasteiger partial charge on any atom is 0.251 e. The average Bonchev–Trinajstić information content (AvgIpc) is 3.76. The summed E-state index contributed by atoms with van der Waals surface area (Å²) in [6.07, 6.45) is 17.2. The number of hydrogen-bond donors (Lipinski definition) is 1. The van der Waals surface area contributed by atoms with Gasteiger partial charge in [0.25, 0.3) is 5.91 Å². The molecule has 5 nitrogen and oxygen atoms in total. The van der Waals surface area contributed by atoms with Gasteiger partial charge in [0.05, 0.1) is 5.54 Å². The van der Waals surface area contributed by atoms with Gasteiger partial charge < -0.3 is 10.2 Å². The highest BCUT2D eigenvalue weighted by atomic mass is 16.1. The van der Waals surface area contributed by atoms with Gasteiger partial charge in [0, 0.05) is 43.6 Å². The summed E-state index contributed by atoms with van der Waals surface area (Å²) in [6, 6.07) is 16.8. The van der Waals surface area contributed by atoms with Crippen LogP contribution < -0.4 is 5.32 Å². The first-order valence-corrected chi connectivity index (χ1v) is 16.6. The minimum Gasteiger partial charge on any atom is -0.362 e. The lowest BCUT2D eigenvalue weighted by Gasteiger charge is -2.34. The molecule has 0 saturated heterocycles. The molecular weight excluding hydrogens is 528 g/mol. The molecule has 1 heterocycles. The van der Waals surface area contributed by atoms with Gasteiger partial charge in [-0.15, -0.1) is 0 Å². The number of likely N-dealkylation sites (N-methyl/N-ethyl adjacent to an activating group) is 1. The van der Waals surface area contributed by atoms with Crippen molar-refractivity contribution in [2.45, 2.75) is 77.2 Å². The SMILES string of the molecule is CCCc1ccc(-c2ccc(C(=O)NCC3CCC(C[C@@H](CC)C4=NC56CC5C=CC=C6C(N(C)C)=N4)CC3)cc2)cc1. The van der Waals surface area contributed by atoms with Gasteiger partial charge in [-0.3, -0.25) is 9.79 Å². The van der Waals surface area contributed by atoms with E-state index in [2.05, 4.69) is 92.8 Å². The van der Waals surface area contributed by atoms with E-state index in [0.717, 1.165) is 55.0 Å². The number of amides is 1. The van der Waals surface area contributed by atoms with E-state index < -0.39 is 0 Å². The van der Waals surface area contributed by atoms with E-state index in [4.69, 9.17) is 9.98 Å². The summed E-state index contributed by atoms with van der Waals surface area (Å²) in [5.41, 5.74) is 5.71. The maximum atomic E-state index is 12.9. The third-order valence-electron chi connectivity index (χ3n) is 10.2. The molecule has 2 aromatic carbocycles. The van der Waals surface area contributed by atoms with Gasteiger partial charge in [-0.2, -0.15) is 0 Å². The summed E-state index contributed by atoms with van der Waals surface area (Å²) in [5.74, 6) is 4.43. The van der Waals surface area contributed by atoms with Gasteiger partial charge in [0.1, 0.15) is 11.7 Å². The average molecular weight is 577 g/mol. The number of hydrogen-bond acceptors (Lipinski definition) is 4. The van der Waals surface area contributed by atoms with Crippen molar-refractivity contribution < 1.29 is 4.79 Å². The molecule has 43 heavy (non-hydrogen) atoms. The summed E-state index contributed by atoms with van der Waals surface area (Å²) in [4.78, 5) is 25.6. The van der Waals surface area contributed by atoms with E-state index in [-0.39, 0.29) is 11.4 Å². The zero-order valence-electron chi connectivity index (χ0n) is 26.5. The highest BCUT2D eigenvalue weighted by Crippen LogP contribution is 2.57. The topological polar surface area (TPSA) is 57.1 Å². The van der Waals surface area contributed by atoms with Gasteiger partial charge in [-0.05, 0) is 79.2 Å². The number of aryl methyl sites for hydroxylation is 1. The molecule has 3 atom stereocenters. The number of amidine groups is 2. The molecule has 3 aliphatic carbocycles. The number of carbonyl (C=O) groups is 1. The molecule has 1 aliphatic heterocycles. The van der Waals surface area contributed by atoms with Crippen molar-refractivity contribution in [2.24, 2.45) is 33.7 Å². The van der Waals surface area contributed by atoms with Crippen LogP contribution in [0, 0.1) is 23.7 Å². The summed E-state index contributed by atoms with van der Waals surface area (Å²) in [6.45, 7) is 5.26. The van der Waals surface area contributed by atoms with Gasteiger partial charge in [0.2, 0.25) is 0 Å². The molecule has 4 aliphatic rings. The molecule has 1 spiro atoms. The predicted octanol–water partition coefficient (Wildman–Crippen LogP) is 7.89. The van der Waals surface area contributed by atoms with Crippen molar-refractivity contribution in [2.75, 3.05) is 20.6 Å². The molecule has 6 rings (SSSR count). The quantitative estimate of drug-likeness (QED) is 0.313. The number of nitrogens with one attached hydrogen (secondary N) is 1. The Morgan fingerprint density at radius 2 is 1.65 bits per heavy atom. The minimum atomic E-state index is -0.0467. The summed E-state index contributed by atoms with van der Waals surface area (Å²) < 4.78 is 0. The second kappa shape index (κ2) is 12.6. The first-order chi connectivity index (χ1) is 20.9. The Morgan fingerprint density at radius 3 is 2.30 bits per heavy atom. The molecule has 1 amide bonds. The van der Waals surface area contributed by atoms with Crippen molar-refractivity contribution in [3.05, 3.63) is 83.5 Å². The van der Waals surface area contributed by atoms with Crippen molar-refractivity contribution >= 4 is 17.6 Å². The van der Waals surface area contributed by atoms with Crippen LogP contribution in [0.1, 0.15) is 81.1 Å². The van der Waals surface area contributed by atoms with Crippen LogP contribution in [0.3, 0.4) is 0 Å². The number of nitrogens with zero attached hydrogens (tertiary/aromatic N) is 3. The number of benzene rings is 2. The van der Waals surface area contributed by atoms with E-state index in [1.54, 1.807) is 0 Å². The highest BCUT2D eigenvalue weighted by Gasteiger charge is 2.59. The lowest BCUT2D eigenvalue weighted by Crippen LogP contribution is -2.38. The molecule has 226 valence electrons. The largest absolute Gasteiger partial charge is 0.362 e. The van der Waals surface area contributed by atoms with Crippen LogP contribution in [-0.4, -0.2) is 48.7 Å². The van der Waals surface area contributed by atoms with E-state index in [9.17, 15) is 4.79 Å². The Balaban J connectivity index is 0.988. The van der Waals surface area contributed by atoms with Gasteiger partial charge >= 0.3 is 0 Å². The molecule has 2 fully saturated rings. The molecule has 1 N–H and O–H groups in total. The molecule has 0 bridgehead atoms. The number of allylic oxidation sites excluding steroid dienone is 2. The van der Waals surface area contributed by atoms with Crippen LogP contribution in [-0.2, 0) is 6.42 Å². The zero-order valence-corrected chi connectivity index (χ0v) is 26.5. The summed E-state index contributed by atoms with van der Waals surface area (Å²) >= 11 is 0. The Bertz CT molecular complexity index is 1420. The minimum absolute atomic E-state index is 0.0339. The standard InChI is InChI=1S/C38H48N4O/c1-5-8-26-15-17-30(18-16-26)31-19-21-32(22-20-31)37(43)39-25-28-13-11-27(12-14-28)23-29(6-2)35-40-36(42(3)4)34-10-7-9-33-24-38(33,34)41-35/h7,9-10,15-22,27-29,33H,5-6,8,11-14,23-25H2,1-4H3,(H,39,43)/t27?,28?,29-,33?,38?/m1/s1. The first-order valence-electron chi connectivity index (χ1n) is 16.6. The highest BCUT2D eigenvalue weighted by molar-refractivity contribution is 6.11. The monoisotopic (exact) mass is 576 g/mol. The molecule has 0 radical (unpaired) electrons. The fourth-order valence-electron chi connectivity index (χ4n) is 7.46. The Morgan fingerprint density at radius 1 is 0.977 bits per heavy atom. The van der Waals surface area contributed by atoms with E-state index in [1.165, 1.54) is 48.8 Å². The first kappa shape index (κ1) is 29.6.